The number of halogens is 3. The molecule has 0 spiro atoms. The summed E-state index contributed by atoms with van der Waals surface area (Å²) < 4.78 is 38.5. The fourth-order valence-corrected chi connectivity index (χ4v) is 1.85. The fraction of sp³-hybridized carbons (Fsp3) is 0.286. The van der Waals surface area contributed by atoms with E-state index in [9.17, 15) is 18.0 Å². The van der Waals surface area contributed by atoms with Crippen molar-refractivity contribution >= 4 is 11.6 Å². The van der Waals surface area contributed by atoms with Gasteiger partial charge in [-0.25, -0.2) is 0 Å². The molecular formula is C14H12F3N3O. The van der Waals surface area contributed by atoms with E-state index in [2.05, 4.69) is 10.6 Å². The van der Waals surface area contributed by atoms with Crippen molar-refractivity contribution in [3.63, 3.8) is 0 Å². The average Bonchev–Trinajstić information content (AvgIpc) is 2.35. The van der Waals surface area contributed by atoms with Crippen molar-refractivity contribution < 1.29 is 18.0 Å². The van der Waals surface area contributed by atoms with E-state index in [1.54, 1.807) is 6.92 Å². The second-order valence-electron chi connectivity index (χ2n) is 4.66. The van der Waals surface area contributed by atoms with Gasteiger partial charge in [-0.1, -0.05) is 0 Å². The van der Waals surface area contributed by atoms with Gasteiger partial charge in [-0.05, 0) is 30.7 Å². The molecule has 1 heterocycles. The van der Waals surface area contributed by atoms with Gasteiger partial charge in [0.05, 0.1) is 17.2 Å². The zero-order valence-electron chi connectivity index (χ0n) is 11.1. The minimum absolute atomic E-state index is 0.0126. The highest BCUT2D eigenvalue weighted by Crippen LogP contribution is 2.33. The van der Waals surface area contributed by atoms with Crippen LogP contribution in [0.3, 0.4) is 0 Å². The molecule has 0 radical (unpaired) electrons. The second-order valence-corrected chi connectivity index (χ2v) is 4.66. The first-order valence-electron chi connectivity index (χ1n) is 6.15. The number of nitriles is 1. The monoisotopic (exact) mass is 295 g/mol. The number of alkyl halides is 3. The van der Waals surface area contributed by atoms with E-state index in [0.29, 0.717) is 18.7 Å². The average molecular weight is 295 g/mol. The first-order chi connectivity index (χ1) is 9.82. The standard InChI is InChI=1S/C14H12F3N3O/c1-8(10-6-19-7-10)13(21)20-11-3-2-9(5-18)12(4-11)14(15,16)17/h2-4,19H,6-7H2,1H3,(H,20,21). The molecule has 0 saturated carbocycles. The molecule has 1 amide bonds. The van der Waals surface area contributed by atoms with Crippen LogP contribution in [0.4, 0.5) is 18.9 Å². The predicted molar refractivity (Wildman–Crippen MR) is 70.4 cm³/mol. The molecule has 2 N–H and O–H groups in total. The molecule has 21 heavy (non-hydrogen) atoms. The fourth-order valence-electron chi connectivity index (χ4n) is 1.85. The van der Waals surface area contributed by atoms with Gasteiger partial charge in [0.25, 0.3) is 5.91 Å². The molecule has 1 saturated heterocycles. The van der Waals surface area contributed by atoms with Crippen LogP contribution in [0.2, 0.25) is 0 Å². The molecule has 0 atom stereocenters. The summed E-state index contributed by atoms with van der Waals surface area (Å²) in [6.07, 6.45) is -4.64. The van der Waals surface area contributed by atoms with E-state index in [1.165, 1.54) is 12.1 Å². The summed E-state index contributed by atoms with van der Waals surface area (Å²) >= 11 is 0. The molecule has 110 valence electrons. The Bertz CT molecular complexity index is 650. The summed E-state index contributed by atoms with van der Waals surface area (Å²) in [6.45, 7) is 2.85. The molecule has 7 heteroatoms. The van der Waals surface area contributed by atoms with Crippen LogP contribution in [-0.4, -0.2) is 19.0 Å². The Kier molecular flexibility index (Phi) is 4.00. The Morgan fingerprint density at radius 2 is 2.05 bits per heavy atom. The lowest BCUT2D eigenvalue weighted by Gasteiger charge is -2.21. The third-order valence-electron chi connectivity index (χ3n) is 3.25. The second kappa shape index (κ2) is 5.58. The molecule has 0 aromatic heterocycles. The Morgan fingerprint density at radius 3 is 2.52 bits per heavy atom. The van der Waals surface area contributed by atoms with Gasteiger partial charge in [0.1, 0.15) is 0 Å². The van der Waals surface area contributed by atoms with E-state index in [4.69, 9.17) is 5.26 Å². The molecule has 0 aliphatic carbocycles. The van der Waals surface area contributed by atoms with E-state index in [0.717, 1.165) is 17.7 Å². The van der Waals surface area contributed by atoms with Crippen LogP contribution < -0.4 is 10.6 Å². The molecule has 1 aromatic rings. The Morgan fingerprint density at radius 1 is 1.38 bits per heavy atom. The van der Waals surface area contributed by atoms with Gasteiger partial charge < -0.3 is 10.6 Å². The van der Waals surface area contributed by atoms with Gasteiger partial charge in [-0.2, -0.15) is 18.4 Å². The van der Waals surface area contributed by atoms with Crippen LogP contribution in [0.15, 0.2) is 29.3 Å². The van der Waals surface area contributed by atoms with E-state index in [1.807, 2.05) is 0 Å². The quantitative estimate of drug-likeness (QED) is 0.824. The number of amides is 1. The summed E-state index contributed by atoms with van der Waals surface area (Å²) in [4.78, 5) is 11.9. The van der Waals surface area contributed by atoms with Gasteiger partial charge in [0.2, 0.25) is 0 Å². The van der Waals surface area contributed by atoms with Gasteiger partial charge in [0, 0.05) is 24.4 Å². The maximum atomic E-state index is 12.8. The lowest BCUT2D eigenvalue weighted by Crippen LogP contribution is -2.36. The lowest BCUT2D eigenvalue weighted by atomic mass is 10.0. The van der Waals surface area contributed by atoms with Crippen LogP contribution in [-0.2, 0) is 11.0 Å². The highest BCUT2D eigenvalue weighted by Gasteiger charge is 2.34. The minimum atomic E-state index is -4.64. The zero-order chi connectivity index (χ0) is 15.6. The van der Waals surface area contributed by atoms with Gasteiger partial charge in [-0.3, -0.25) is 4.79 Å². The maximum Gasteiger partial charge on any atom is 0.417 e. The Labute approximate surface area is 119 Å². The van der Waals surface area contributed by atoms with Gasteiger partial charge in [0.15, 0.2) is 0 Å². The zero-order valence-corrected chi connectivity index (χ0v) is 11.1. The summed E-state index contributed by atoms with van der Waals surface area (Å²) in [5.74, 6) is -0.440. The van der Waals surface area contributed by atoms with Crippen molar-refractivity contribution in [2.75, 3.05) is 18.4 Å². The Balaban J connectivity index is 2.26. The van der Waals surface area contributed by atoms with Crippen LogP contribution in [0.25, 0.3) is 0 Å². The van der Waals surface area contributed by atoms with Crippen LogP contribution in [0.1, 0.15) is 18.1 Å². The van der Waals surface area contributed by atoms with Crippen molar-refractivity contribution in [2.24, 2.45) is 0 Å². The predicted octanol–water partition coefficient (Wildman–Crippen LogP) is 2.44. The van der Waals surface area contributed by atoms with Crippen molar-refractivity contribution in [3.8, 4) is 6.07 Å². The normalized spacial score (nSPS) is 14.1. The molecule has 4 nitrogen and oxygen atoms in total. The molecule has 1 aliphatic rings. The largest absolute Gasteiger partial charge is 0.417 e. The third kappa shape index (κ3) is 3.23. The van der Waals surface area contributed by atoms with Crippen LogP contribution >= 0.6 is 0 Å². The van der Waals surface area contributed by atoms with Crippen molar-refractivity contribution in [2.45, 2.75) is 13.1 Å². The van der Waals surface area contributed by atoms with E-state index >= 15 is 0 Å². The topological polar surface area (TPSA) is 64.9 Å². The van der Waals surface area contributed by atoms with Gasteiger partial charge >= 0.3 is 6.18 Å². The highest BCUT2D eigenvalue weighted by atomic mass is 19.4. The molecule has 1 aliphatic heterocycles. The molecule has 2 rings (SSSR count). The molecule has 1 fully saturated rings. The Hall–Kier alpha value is -2.33. The van der Waals surface area contributed by atoms with Crippen LogP contribution in [0, 0.1) is 11.3 Å². The SMILES string of the molecule is CC(C(=O)Nc1ccc(C#N)c(C(F)(F)F)c1)=C1CNC1. The summed E-state index contributed by atoms with van der Waals surface area (Å²) in [7, 11) is 0. The maximum absolute atomic E-state index is 12.8. The van der Waals surface area contributed by atoms with Crippen LogP contribution in [0.5, 0.6) is 0 Å². The molecule has 0 unspecified atom stereocenters. The number of hydrogen-bond acceptors (Lipinski definition) is 3. The summed E-state index contributed by atoms with van der Waals surface area (Å²) in [5, 5.41) is 14.1. The number of carbonyl (C=O) groups is 1. The molecule has 0 bridgehead atoms. The number of benzene rings is 1. The lowest BCUT2D eigenvalue weighted by molar-refractivity contribution is -0.137. The first kappa shape index (κ1) is 15.1. The first-order valence-corrected chi connectivity index (χ1v) is 6.15. The van der Waals surface area contributed by atoms with Crippen molar-refractivity contribution in [1.29, 1.82) is 5.26 Å². The number of hydrogen-bond donors (Lipinski definition) is 2. The third-order valence-corrected chi connectivity index (χ3v) is 3.25. The highest BCUT2D eigenvalue weighted by molar-refractivity contribution is 6.04. The van der Waals surface area contributed by atoms with Crippen molar-refractivity contribution in [1.82, 2.24) is 5.32 Å². The summed E-state index contributed by atoms with van der Waals surface area (Å²) in [6, 6.07) is 4.59. The molecule has 1 aromatic carbocycles. The minimum Gasteiger partial charge on any atom is -0.322 e. The number of carbonyl (C=O) groups excluding carboxylic acids is 1. The van der Waals surface area contributed by atoms with Crippen molar-refractivity contribution in [3.05, 3.63) is 40.5 Å². The van der Waals surface area contributed by atoms with E-state index < -0.39 is 23.2 Å². The number of rotatable bonds is 2. The smallest absolute Gasteiger partial charge is 0.322 e. The number of anilines is 1. The number of nitrogens with one attached hydrogen (secondary N) is 2. The van der Waals surface area contributed by atoms with Gasteiger partial charge in [-0.15, -0.1) is 0 Å². The summed E-state index contributed by atoms with van der Waals surface area (Å²) in [5.41, 5.74) is -0.0976. The number of nitrogens with zero attached hydrogens (tertiary/aromatic N) is 1. The van der Waals surface area contributed by atoms with E-state index in [-0.39, 0.29) is 5.69 Å². The molecular weight excluding hydrogens is 283 g/mol.